The number of hydrogen-bond acceptors (Lipinski definition) is 6. The molecule has 6 nitrogen and oxygen atoms in total. The second-order valence-electron chi connectivity index (χ2n) is 4.33. The molecule has 0 aliphatic carbocycles. The van der Waals surface area contributed by atoms with E-state index in [1.165, 1.54) is 11.3 Å². The third kappa shape index (κ3) is 2.94. The van der Waals surface area contributed by atoms with Gasteiger partial charge in [-0.25, -0.2) is 0 Å². The Morgan fingerprint density at radius 1 is 1.27 bits per heavy atom. The van der Waals surface area contributed by atoms with Gasteiger partial charge in [0, 0.05) is 17.3 Å². The van der Waals surface area contributed by atoms with Gasteiger partial charge in [0.2, 0.25) is 5.13 Å². The lowest BCUT2D eigenvalue weighted by atomic mass is 10.1. The lowest BCUT2D eigenvalue weighted by Crippen LogP contribution is -2.12. The van der Waals surface area contributed by atoms with Crippen LogP contribution in [0.1, 0.15) is 10.4 Å². The summed E-state index contributed by atoms with van der Waals surface area (Å²) in [5.41, 5.74) is 3.55. The zero-order valence-electron chi connectivity index (χ0n) is 11.7. The molecule has 0 saturated heterocycles. The van der Waals surface area contributed by atoms with Crippen LogP contribution in [0.15, 0.2) is 48.1 Å². The van der Waals surface area contributed by atoms with E-state index < -0.39 is 0 Å². The van der Waals surface area contributed by atoms with Gasteiger partial charge in [0.25, 0.3) is 5.91 Å². The third-order valence-electron chi connectivity index (χ3n) is 2.98. The molecule has 1 aromatic carbocycles. The summed E-state index contributed by atoms with van der Waals surface area (Å²) in [6, 6.07) is 10.8. The van der Waals surface area contributed by atoms with Crippen LogP contribution in [0.5, 0.6) is 5.75 Å². The lowest BCUT2D eigenvalue weighted by Gasteiger charge is -2.10. The summed E-state index contributed by atoms with van der Waals surface area (Å²) in [5, 5.41) is 10.6. The highest BCUT2D eigenvalue weighted by Gasteiger charge is 2.13. The molecule has 0 aliphatic rings. The minimum Gasteiger partial charge on any atom is -0.496 e. The maximum Gasteiger partial charge on any atom is 0.257 e. The molecule has 1 amide bonds. The maximum absolute atomic E-state index is 12.3. The van der Waals surface area contributed by atoms with E-state index in [2.05, 4.69) is 20.5 Å². The van der Waals surface area contributed by atoms with Crippen LogP contribution in [-0.4, -0.2) is 28.2 Å². The number of nitrogens with zero attached hydrogens (tertiary/aromatic N) is 3. The molecule has 1 N–H and O–H groups in total. The van der Waals surface area contributed by atoms with Crippen LogP contribution in [0, 0.1) is 0 Å². The fraction of sp³-hybridized carbons (Fsp3) is 0.0667. The topological polar surface area (TPSA) is 77.0 Å². The maximum atomic E-state index is 12.3. The first-order valence-electron chi connectivity index (χ1n) is 6.45. The average Bonchev–Trinajstić information content (AvgIpc) is 3.08. The predicted molar refractivity (Wildman–Crippen MR) is 84.1 cm³/mol. The van der Waals surface area contributed by atoms with Crippen molar-refractivity contribution in [1.29, 1.82) is 0 Å². The van der Waals surface area contributed by atoms with Crippen LogP contribution in [0.25, 0.3) is 11.3 Å². The number of nitrogens with one attached hydrogen (secondary N) is 1. The Balaban J connectivity index is 1.95. The number of hydrogen-bond donors (Lipinski definition) is 1. The van der Waals surface area contributed by atoms with E-state index in [1.54, 1.807) is 37.0 Å². The van der Waals surface area contributed by atoms with Gasteiger partial charge < -0.3 is 4.74 Å². The number of aromatic nitrogens is 3. The molecule has 0 fully saturated rings. The molecule has 0 aliphatic heterocycles. The first-order chi connectivity index (χ1) is 10.8. The van der Waals surface area contributed by atoms with Crippen molar-refractivity contribution in [2.45, 2.75) is 0 Å². The van der Waals surface area contributed by atoms with Gasteiger partial charge >= 0.3 is 0 Å². The van der Waals surface area contributed by atoms with E-state index >= 15 is 0 Å². The standard InChI is InChI=1S/C15H12N4O2S/c1-21-13-6-5-10(14(20)18-15-19-17-9-22-15)8-11(13)12-4-2-3-7-16-12/h2-9H,1H3,(H,18,19,20). The van der Waals surface area contributed by atoms with Crippen LogP contribution in [0.4, 0.5) is 5.13 Å². The number of rotatable bonds is 4. The highest BCUT2D eigenvalue weighted by Crippen LogP contribution is 2.29. The van der Waals surface area contributed by atoms with Gasteiger partial charge in [0.15, 0.2) is 0 Å². The molecular weight excluding hydrogens is 300 g/mol. The van der Waals surface area contributed by atoms with Crippen molar-refractivity contribution < 1.29 is 9.53 Å². The molecule has 22 heavy (non-hydrogen) atoms. The number of carbonyl (C=O) groups excluding carboxylic acids is 1. The average molecular weight is 312 g/mol. The Morgan fingerprint density at radius 2 is 2.18 bits per heavy atom. The molecule has 0 bridgehead atoms. The van der Waals surface area contributed by atoms with Crippen LogP contribution < -0.4 is 10.1 Å². The van der Waals surface area contributed by atoms with E-state index in [-0.39, 0.29) is 5.91 Å². The largest absolute Gasteiger partial charge is 0.496 e. The summed E-state index contributed by atoms with van der Waals surface area (Å²) in [4.78, 5) is 16.6. The summed E-state index contributed by atoms with van der Waals surface area (Å²) in [6.07, 6.45) is 1.70. The fourth-order valence-corrected chi connectivity index (χ4v) is 2.41. The Bertz CT molecular complexity index is 776. The quantitative estimate of drug-likeness (QED) is 0.801. The number of carbonyl (C=O) groups is 1. The molecule has 110 valence electrons. The fourth-order valence-electron chi connectivity index (χ4n) is 1.97. The molecule has 3 aromatic rings. The second-order valence-corrected chi connectivity index (χ2v) is 5.16. The highest BCUT2D eigenvalue weighted by molar-refractivity contribution is 7.13. The number of anilines is 1. The molecule has 0 unspecified atom stereocenters. The lowest BCUT2D eigenvalue weighted by molar-refractivity contribution is 0.102. The summed E-state index contributed by atoms with van der Waals surface area (Å²) in [6.45, 7) is 0. The van der Waals surface area contributed by atoms with Gasteiger partial charge in [-0.15, -0.1) is 10.2 Å². The van der Waals surface area contributed by atoms with Crippen molar-refractivity contribution >= 4 is 22.4 Å². The van der Waals surface area contributed by atoms with Crippen LogP contribution in [0.3, 0.4) is 0 Å². The van der Waals surface area contributed by atoms with E-state index in [9.17, 15) is 4.79 Å². The van der Waals surface area contributed by atoms with Crippen molar-refractivity contribution in [3.8, 4) is 17.0 Å². The van der Waals surface area contributed by atoms with Crippen LogP contribution in [0.2, 0.25) is 0 Å². The molecule has 3 rings (SSSR count). The first kappa shape index (κ1) is 14.2. The minimum atomic E-state index is -0.253. The number of benzene rings is 1. The molecule has 2 aromatic heterocycles. The van der Waals surface area contributed by atoms with Crippen molar-refractivity contribution in [2.24, 2.45) is 0 Å². The Labute approximate surface area is 130 Å². The monoisotopic (exact) mass is 312 g/mol. The second kappa shape index (κ2) is 6.31. The predicted octanol–water partition coefficient (Wildman–Crippen LogP) is 2.86. The third-order valence-corrected chi connectivity index (χ3v) is 3.59. The molecule has 7 heteroatoms. The van der Waals surface area contributed by atoms with Crippen LogP contribution >= 0.6 is 11.3 Å². The zero-order chi connectivity index (χ0) is 15.4. The number of ether oxygens (including phenoxy) is 1. The van der Waals surface area contributed by atoms with Crippen molar-refractivity contribution in [2.75, 3.05) is 12.4 Å². The van der Waals surface area contributed by atoms with E-state index in [4.69, 9.17) is 4.74 Å². The molecule has 0 atom stereocenters. The Kier molecular flexibility index (Phi) is 4.06. The highest BCUT2D eigenvalue weighted by atomic mass is 32.1. The zero-order valence-corrected chi connectivity index (χ0v) is 12.5. The van der Waals surface area contributed by atoms with E-state index in [0.717, 1.165) is 11.3 Å². The first-order valence-corrected chi connectivity index (χ1v) is 7.33. The molecule has 0 spiro atoms. The normalized spacial score (nSPS) is 10.2. The van der Waals surface area contributed by atoms with Gasteiger partial charge in [0.05, 0.1) is 12.8 Å². The van der Waals surface area contributed by atoms with Crippen molar-refractivity contribution in [3.05, 3.63) is 53.7 Å². The molecular formula is C15H12N4O2S. The van der Waals surface area contributed by atoms with Gasteiger partial charge in [-0.3, -0.25) is 15.1 Å². The van der Waals surface area contributed by atoms with Gasteiger partial charge in [-0.05, 0) is 30.3 Å². The van der Waals surface area contributed by atoms with Crippen LogP contribution in [-0.2, 0) is 0 Å². The Morgan fingerprint density at radius 3 is 2.86 bits per heavy atom. The van der Waals surface area contributed by atoms with Gasteiger partial charge in [-0.2, -0.15) is 0 Å². The summed E-state index contributed by atoms with van der Waals surface area (Å²) in [5.74, 6) is 0.405. The number of pyridine rings is 1. The Hall–Kier alpha value is -2.80. The summed E-state index contributed by atoms with van der Waals surface area (Å²) >= 11 is 1.26. The van der Waals surface area contributed by atoms with Crippen molar-refractivity contribution in [1.82, 2.24) is 15.2 Å². The molecule has 2 heterocycles. The number of methoxy groups -OCH3 is 1. The summed E-state index contributed by atoms with van der Waals surface area (Å²) in [7, 11) is 1.59. The summed E-state index contributed by atoms with van der Waals surface area (Å²) < 4.78 is 5.35. The minimum absolute atomic E-state index is 0.253. The van der Waals surface area contributed by atoms with Gasteiger partial charge in [-0.1, -0.05) is 17.4 Å². The SMILES string of the molecule is COc1ccc(C(=O)Nc2nncs2)cc1-c1ccccn1. The smallest absolute Gasteiger partial charge is 0.257 e. The van der Waals surface area contributed by atoms with E-state index in [0.29, 0.717) is 16.4 Å². The van der Waals surface area contributed by atoms with E-state index in [1.807, 2.05) is 18.2 Å². The van der Waals surface area contributed by atoms with Crippen molar-refractivity contribution in [3.63, 3.8) is 0 Å². The number of amides is 1. The van der Waals surface area contributed by atoms with Gasteiger partial charge in [0.1, 0.15) is 11.3 Å². The molecule has 0 saturated carbocycles. The molecule has 0 radical (unpaired) electrons.